The quantitative estimate of drug-likeness (QED) is 0.718. The van der Waals surface area contributed by atoms with Crippen molar-refractivity contribution in [1.82, 2.24) is 0 Å². The molecule has 4 rings (SSSR count). The molecule has 0 aromatic heterocycles. The lowest BCUT2D eigenvalue weighted by atomic mass is 9.52. The molecule has 0 spiro atoms. The molecular formula is C18H24O2. The van der Waals surface area contributed by atoms with Gasteiger partial charge in [-0.1, -0.05) is 25.0 Å². The topological polar surface area (TPSA) is 37.3 Å². The van der Waals surface area contributed by atoms with Gasteiger partial charge in [0.05, 0.1) is 0 Å². The Labute approximate surface area is 120 Å². The van der Waals surface area contributed by atoms with Crippen LogP contribution in [0.2, 0.25) is 0 Å². The molecule has 0 unspecified atom stereocenters. The van der Waals surface area contributed by atoms with E-state index in [1.807, 2.05) is 6.08 Å². The van der Waals surface area contributed by atoms with Gasteiger partial charge in [-0.2, -0.15) is 0 Å². The third-order valence-electron chi connectivity index (χ3n) is 6.86. The molecule has 0 radical (unpaired) electrons. The molecule has 2 nitrogen and oxygen atoms in total. The zero-order chi connectivity index (χ0) is 13.9. The average molecular weight is 272 g/mol. The molecular weight excluding hydrogens is 248 g/mol. The molecule has 5 atom stereocenters. The molecule has 0 saturated heterocycles. The highest BCUT2D eigenvalue weighted by Gasteiger charge is 2.53. The van der Waals surface area contributed by atoms with Gasteiger partial charge in [-0.15, -0.1) is 0 Å². The molecule has 0 bridgehead atoms. The minimum absolute atomic E-state index is 0.00111. The van der Waals surface area contributed by atoms with Gasteiger partial charge in [0.2, 0.25) is 5.78 Å². The minimum atomic E-state index is -0.0147. The minimum Gasteiger partial charge on any atom is -0.504 e. The Kier molecular flexibility index (Phi) is 2.68. The number of Topliss-reactive ketones (excluding diaryl/α,β-unsaturated/α-hetero) is 1. The highest BCUT2D eigenvalue weighted by Crippen LogP contribution is 2.61. The van der Waals surface area contributed by atoms with Crippen LogP contribution in [0.3, 0.4) is 0 Å². The maximum Gasteiger partial charge on any atom is 0.204 e. The Hall–Kier alpha value is -1.05. The largest absolute Gasteiger partial charge is 0.504 e. The summed E-state index contributed by atoms with van der Waals surface area (Å²) in [6.07, 6.45) is 12.5. The molecule has 4 aliphatic carbocycles. The average Bonchev–Trinajstić information content (AvgIpc) is 2.84. The van der Waals surface area contributed by atoms with Crippen LogP contribution >= 0.6 is 0 Å². The summed E-state index contributed by atoms with van der Waals surface area (Å²) in [4.78, 5) is 12.4. The van der Waals surface area contributed by atoms with E-state index in [4.69, 9.17) is 0 Å². The van der Waals surface area contributed by atoms with Gasteiger partial charge in [0.1, 0.15) is 0 Å². The second kappa shape index (κ2) is 4.22. The van der Waals surface area contributed by atoms with Crippen molar-refractivity contribution in [2.75, 3.05) is 0 Å². The zero-order valence-corrected chi connectivity index (χ0v) is 12.3. The van der Waals surface area contributed by atoms with Crippen molar-refractivity contribution in [3.63, 3.8) is 0 Å². The number of aliphatic hydroxyl groups is 1. The Morgan fingerprint density at radius 2 is 2.00 bits per heavy atom. The SMILES string of the molecule is C[C@@]12CCC[C@H]1[C@@H]1CCC3=CC=C(O)C(=O)[C@@H]3[C@H]1CC2. The molecule has 0 amide bonds. The number of fused-ring (bicyclic) bond motifs is 5. The fourth-order valence-electron chi connectivity index (χ4n) is 5.88. The summed E-state index contributed by atoms with van der Waals surface area (Å²) in [5, 5.41) is 9.81. The van der Waals surface area contributed by atoms with E-state index >= 15 is 0 Å². The third kappa shape index (κ3) is 1.60. The Balaban J connectivity index is 1.68. The van der Waals surface area contributed by atoms with Gasteiger partial charge in [0.25, 0.3) is 0 Å². The lowest BCUT2D eigenvalue weighted by molar-refractivity contribution is -0.126. The summed E-state index contributed by atoms with van der Waals surface area (Å²) < 4.78 is 0. The molecule has 0 aliphatic heterocycles. The fraction of sp³-hybridized carbons (Fsp3) is 0.722. The monoisotopic (exact) mass is 272 g/mol. The van der Waals surface area contributed by atoms with Crippen LogP contribution in [0.1, 0.15) is 51.9 Å². The number of carbonyl (C=O) groups is 1. The number of carbonyl (C=O) groups excluding carboxylic acids is 1. The predicted molar refractivity (Wildman–Crippen MR) is 78.2 cm³/mol. The van der Waals surface area contributed by atoms with Crippen molar-refractivity contribution < 1.29 is 9.90 Å². The number of rotatable bonds is 0. The summed E-state index contributed by atoms with van der Waals surface area (Å²) in [5.41, 5.74) is 1.83. The van der Waals surface area contributed by atoms with E-state index in [0.29, 0.717) is 17.3 Å². The Morgan fingerprint density at radius 1 is 1.15 bits per heavy atom. The van der Waals surface area contributed by atoms with Crippen molar-refractivity contribution in [1.29, 1.82) is 0 Å². The van der Waals surface area contributed by atoms with Crippen molar-refractivity contribution >= 4 is 5.78 Å². The fourth-order valence-corrected chi connectivity index (χ4v) is 5.88. The number of hydrogen-bond acceptors (Lipinski definition) is 2. The van der Waals surface area contributed by atoms with Gasteiger partial charge in [0, 0.05) is 5.92 Å². The normalized spacial score (nSPS) is 47.0. The number of aliphatic hydroxyl groups excluding tert-OH is 1. The molecule has 0 aromatic carbocycles. The van der Waals surface area contributed by atoms with Gasteiger partial charge < -0.3 is 5.11 Å². The Bertz CT molecular complexity index is 516. The van der Waals surface area contributed by atoms with Crippen LogP contribution in [-0.4, -0.2) is 10.9 Å². The predicted octanol–water partition coefficient (Wildman–Crippen LogP) is 4.18. The second-order valence-electron chi connectivity index (χ2n) is 7.69. The van der Waals surface area contributed by atoms with Crippen molar-refractivity contribution in [2.45, 2.75) is 51.9 Å². The van der Waals surface area contributed by atoms with Gasteiger partial charge >= 0.3 is 0 Å². The molecule has 0 heterocycles. The van der Waals surface area contributed by atoms with E-state index in [1.165, 1.54) is 44.1 Å². The molecule has 3 fully saturated rings. The van der Waals surface area contributed by atoms with E-state index in [1.54, 1.807) is 6.08 Å². The first-order valence-electron chi connectivity index (χ1n) is 8.24. The number of ketones is 1. The molecule has 0 aromatic rings. The van der Waals surface area contributed by atoms with E-state index < -0.39 is 0 Å². The lowest BCUT2D eigenvalue weighted by Crippen LogP contribution is -2.46. The lowest BCUT2D eigenvalue weighted by Gasteiger charge is -2.52. The standard InChI is InChI=1S/C18H24O2/c1-18-9-2-3-14(18)12-6-4-11-5-7-15(19)17(20)16(11)13(12)8-10-18/h5,7,12-14,16,19H,2-4,6,8-10H2,1H3/t12-,13+,14+,16+,18+/m1/s1. The molecule has 20 heavy (non-hydrogen) atoms. The highest BCUT2D eigenvalue weighted by atomic mass is 16.3. The summed E-state index contributed by atoms with van der Waals surface area (Å²) in [6.45, 7) is 2.48. The maximum atomic E-state index is 12.4. The summed E-state index contributed by atoms with van der Waals surface area (Å²) in [7, 11) is 0. The van der Waals surface area contributed by atoms with Crippen LogP contribution in [0.15, 0.2) is 23.5 Å². The molecule has 3 saturated carbocycles. The first-order chi connectivity index (χ1) is 9.60. The number of hydrogen-bond donors (Lipinski definition) is 1. The van der Waals surface area contributed by atoms with Crippen LogP contribution in [0, 0.1) is 29.1 Å². The van der Waals surface area contributed by atoms with Crippen LogP contribution in [0.5, 0.6) is 0 Å². The third-order valence-corrected chi connectivity index (χ3v) is 6.86. The summed E-state index contributed by atoms with van der Waals surface area (Å²) in [5.74, 6) is 2.02. The molecule has 108 valence electrons. The van der Waals surface area contributed by atoms with E-state index in [0.717, 1.165) is 12.3 Å². The smallest absolute Gasteiger partial charge is 0.204 e. The first-order valence-corrected chi connectivity index (χ1v) is 8.24. The first kappa shape index (κ1) is 12.7. The molecule has 1 N–H and O–H groups in total. The second-order valence-corrected chi connectivity index (χ2v) is 7.69. The highest BCUT2D eigenvalue weighted by molar-refractivity contribution is 5.98. The van der Waals surface area contributed by atoms with Gasteiger partial charge in [-0.05, 0) is 67.8 Å². The van der Waals surface area contributed by atoms with Crippen LogP contribution in [-0.2, 0) is 4.79 Å². The van der Waals surface area contributed by atoms with E-state index in [-0.39, 0.29) is 17.5 Å². The van der Waals surface area contributed by atoms with Crippen molar-refractivity contribution in [2.24, 2.45) is 29.1 Å². The van der Waals surface area contributed by atoms with E-state index in [2.05, 4.69) is 6.92 Å². The molecule has 4 aliphatic rings. The van der Waals surface area contributed by atoms with Crippen molar-refractivity contribution in [3.05, 3.63) is 23.5 Å². The van der Waals surface area contributed by atoms with Crippen LogP contribution in [0.4, 0.5) is 0 Å². The maximum absolute atomic E-state index is 12.4. The van der Waals surface area contributed by atoms with Gasteiger partial charge in [-0.25, -0.2) is 0 Å². The Morgan fingerprint density at radius 3 is 2.85 bits per heavy atom. The van der Waals surface area contributed by atoms with Crippen molar-refractivity contribution in [3.8, 4) is 0 Å². The number of allylic oxidation sites excluding steroid dienone is 4. The van der Waals surface area contributed by atoms with Crippen LogP contribution < -0.4 is 0 Å². The summed E-state index contributed by atoms with van der Waals surface area (Å²) in [6, 6.07) is 0. The van der Waals surface area contributed by atoms with Gasteiger partial charge in [0.15, 0.2) is 5.76 Å². The van der Waals surface area contributed by atoms with Gasteiger partial charge in [-0.3, -0.25) is 4.79 Å². The van der Waals surface area contributed by atoms with Crippen LogP contribution in [0.25, 0.3) is 0 Å². The molecule has 2 heteroatoms. The zero-order valence-electron chi connectivity index (χ0n) is 12.3. The van der Waals surface area contributed by atoms with E-state index in [9.17, 15) is 9.90 Å². The summed E-state index contributed by atoms with van der Waals surface area (Å²) >= 11 is 0.